The van der Waals surface area contributed by atoms with Gasteiger partial charge in [0.25, 0.3) is 0 Å². The summed E-state index contributed by atoms with van der Waals surface area (Å²) in [5.41, 5.74) is -0.957. The zero-order valence-corrected chi connectivity index (χ0v) is 11.6. The van der Waals surface area contributed by atoms with E-state index in [1.165, 1.54) is 6.07 Å². The molecule has 1 N–H and O–H groups in total. The van der Waals surface area contributed by atoms with Crippen molar-refractivity contribution in [3.63, 3.8) is 0 Å². The number of rotatable bonds is 4. The molecule has 0 aliphatic heterocycles. The Morgan fingerprint density at radius 2 is 1.85 bits per heavy atom. The van der Waals surface area contributed by atoms with Gasteiger partial charge in [0.05, 0.1) is 10.5 Å². The molecule has 1 fully saturated rings. The van der Waals surface area contributed by atoms with Crippen molar-refractivity contribution in [3.8, 4) is 0 Å². The van der Waals surface area contributed by atoms with E-state index in [2.05, 4.69) is 4.72 Å². The van der Waals surface area contributed by atoms with Gasteiger partial charge in [0.2, 0.25) is 10.0 Å². The van der Waals surface area contributed by atoms with Crippen LogP contribution in [0.2, 0.25) is 0 Å². The van der Waals surface area contributed by atoms with Crippen LogP contribution in [0.25, 0.3) is 0 Å². The third kappa shape index (κ3) is 3.73. The molecule has 1 aliphatic rings. The lowest BCUT2D eigenvalue weighted by Gasteiger charge is -2.12. The molecule has 3 nitrogen and oxygen atoms in total. The second kappa shape index (κ2) is 5.73. The number of sulfonamides is 1. The Kier molecular flexibility index (Phi) is 4.39. The predicted molar refractivity (Wildman–Crippen MR) is 68.6 cm³/mol. The van der Waals surface area contributed by atoms with Crippen LogP contribution in [0.4, 0.5) is 13.2 Å². The van der Waals surface area contributed by atoms with Crippen molar-refractivity contribution in [3.05, 3.63) is 29.8 Å². The molecule has 20 heavy (non-hydrogen) atoms. The van der Waals surface area contributed by atoms with Crippen LogP contribution in [-0.4, -0.2) is 15.0 Å². The smallest absolute Gasteiger partial charge is 0.211 e. The third-order valence-electron chi connectivity index (χ3n) is 3.51. The molecule has 0 radical (unpaired) electrons. The topological polar surface area (TPSA) is 46.2 Å². The van der Waals surface area contributed by atoms with Crippen LogP contribution in [-0.2, 0) is 16.2 Å². The van der Waals surface area contributed by atoms with Crippen molar-refractivity contribution in [2.75, 3.05) is 6.54 Å². The van der Waals surface area contributed by atoms with E-state index in [0.29, 0.717) is 12.6 Å². The summed E-state index contributed by atoms with van der Waals surface area (Å²) in [6, 6.07) is 3.80. The average molecular weight is 307 g/mol. The first-order chi connectivity index (χ1) is 9.29. The maximum Gasteiger partial charge on any atom is 0.416 e. The third-order valence-corrected chi connectivity index (χ3v) is 4.93. The van der Waals surface area contributed by atoms with Crippen LogP contribution < -0.4 is 4.72 Å². The number of alkyl halides is 3. The fraction of sp³-hybridized carbons (Fsp3) is 0.538. The average Bonchev–Trinajstić information content (AvgIpc) is 2.89. The van der Waals surface area contributed by atoms with Crippen molar-refractivity contribution in [1.29, 1.82) is 0 Å². The van der Waals surface area contributed by atoms with Crippen molar-refractivity contribution < 1.29 is 21.6 Å². The molecule has 1 aliphatic carbocycles. The van der Waals surface area contributed by atoms with E-state index in [1.807, 2.05) is 0 Å². The molecule has 0 spiro atoms. The molecule has 0 amide bonds. The van der Waals surface area contributed by atoms with Crippen LogP contribution in [0.15, 0.2) is 29.2 Å². The van der Waals surface area contributed by atoms with E-state index in [4.69, 9.17) is 0 Å². The second-order valence-corrected chi connectivity index (χ2v) is 6.79. The van der Waals surface area contributed by atoms with Gasteiger partial charge in [-0.05, 0) is 37.0 Å². The lowest BCUT2D eigenvalue weighted by atomic mass is 10.1. The van der Waals surface area contributed by atoms with Gasteiger partial charge >= 0.3 is 6.18 Å². The zero-order valence-electron chi connectivity index (χ0n) is 10.8. The molecule has 1 aromatic carbocycles. The number of hydrogen-bond donors (Lipinski definition) is 1. The molecule has 0 bridgehead atoms. The molecular weight excluding hydrogens is 291 g/mol. The monoisotopic (exact) mass is 307 g/mol. The Balaban J connectivity index is 2.12. The molecule has 0 atom stereocenters. The molecule has 1 saturated carbocycles. The van der Waals surface area contributed by atoms with Gasteiger partial charge in [-0.3, -0.25) is 0 Å². The van der Waals surface area contributed by atoms with Gasteiger partial charge < -0.3 is 0 Å². The van der Waals surface area contributed by atoms with Gasteiger partial charge in [-0.25, -0.2) is 13.1 Å². The van der Waals surface area contributed by atoms with E-state index in [9.17, 15) is 21.6 Å². The molecule has 7 heteroatoms. The van der Waals surface area contributed by atoms with E-state index in [-0.39, 0.29) is 10.8 Å². The summed E-state index contributed by atoms with van der Waals surface area (Å²) < 4.78 is 64.1. The predicted octanol–water partition coefficient (Wildman–Crippen LogP) is 3.17. The van der Waals surface area contributed by atoms with Crippen LogP contribution in [0.5, 0.6) is 0 Å². The summed E-state index contributed by atoms with van der Waals surface area (Å²) in [6.45, 7) is 0.290. The van der Waals surface area contributed by atoms with E-state index >= 15 is 0 Å². The first kappa shape index (κ1) is 15.3. The van der Waals surface area contributed by atoms with E-state index in [0.717, 1.165) is 37.8 Å². The van der Waals surface area contributed by atoms with Gasteiger partial charge in [0.15, 0.2) is 0 Å². The number of halogens is 3. The van der Waals surface area contributed by atoms with Crippen molar-refractivity contribution in [2.24, 2.45) is 5.92 Å². The van der Waals surface area contributed by atoms with E-state index < -0.39 is 21.8 Å². The molecule has 2 rings (SSSR count). The number of nitrogens with one attached hydrogen (secondary N) is 1. The van der Waals surface area contributed by atoms with Crippen molar-refractivity contribution >= 4 is 10.0 Å². The first-order valence-electron chi connectivity index (χ1n) is 6.46. The Morgan fingerprint density at radius 1 is 1.20 bits per heavy atom. The van der Waals surface area contributed by atoms with Crippen molar-refractivity contribution in [2.45, 2.75) is 36.8 Å². The molecule has 0 saturated heterocycles. The highest BCUT2D eigenvalue weighted by Gasteiger charge is 2.31. The second-order valence-electron chi connectivity index (χ2n) is 5.03. The summed E-state index contributed by atoms with van der Waals surface area (Å²) in [5.74, 6) is 0.288. The van der Waals surface area contributed by atoms with Gasteiger partial charge in [0, 0.05) is 6.54 Å². The summed E-state index contributed by atoms with van der Waals surface area (Å²) in [7, 11) is -3.88. The SMILES string of the molecule is O=S(=O)(NCC1CCCC1)c1cccc(C(F)(F)F)c1. The maximum absolute atomic E-state index is 12.6. The Bertz CT molecular complexity index is 563. The summed E-state index contributed by atoms with van der Waals surface area (Å²) >= 11 is 0. The Hall–Kier alpha value is -1.08. The highest BCUT2D eigenvalue weighted by Crippen LogP contribution is 2.30. The molecule has 0 aromatic heterocycles. The Morgan fingerprint density at radius 3 is 2.45 bits per heavy atom. The first-order valence-corrected chi connectivity index (χ1v) is 7.94. The van der Waals surface area contributed by atoms with Gasteiger partial charge in [0.1, 0.15) is 0 Å². The molecule has 0 heterocycles. The summed E-state index contributed by atoms with van der Waals surface area (Å²) in [5, 5.41) is 0. The number of hydrogen-bond acceptors (Lipinski definition) is 2. The van der Waals surface area contributed by atoms with Crippen LogP contribution in [0.3, 0.4) is 0 Å². The fourth-order valence-electron chi connectivity index (χ4n) is 2.36. The normalized spacial score (nSPS) is 17.6. The van der Waals surface area contributed by atoms with E-state index in [1.54, 1.807) is 0 Å². The van der Waals surface area contributed by atoms with Crippen LogP contribution in [0.1, 0.15) is 31.2 Å². The van der Waals surface area contributed by atoms with Crippen LogP contribution >= 0.6 is 0 Å². The highest BCUT2D eigenvalue weighted by atomic mass is 32.2. The largest absolute Gasteiger partial charge is 0.416 e. The minimum Gasteiger partial charge on any atom is -0.211 e. The summed E-state index contributed by atoms with van der Waals surface area (Å²) in [6.07, 6.45) is -0.459. The minimum atomic E-state index is -4.54. The van der Waals surface area contributed by atoms with Gasteiger partial charge in [-0.2, -0.15) is 13.2 Å². The molecule has 0 unspecified atom stereocenters. The standard InChI is InChI=1S/C13H16F3NO2S/c14-13(15,16)11-6-3-7-12(8-11)20(18,19)17-9-10-4-1-2-5-10/h3,6-8,10,17H,1-2,4-5,9H2. The summed E-state index contributed by atoms with van der Waals surface area (Å²) in [4.78, 5) is -0.342. The Labute approximate surface area is 116 Å². The van der Waals surface area contributed by atoms with Gasteiger partial charge in [-0.1, -0.05) is 18.9 Å². The molecular formula is C13H16F3NO2S. The zero-order chi connectivity index (χ0) is 14.8. The molecule has 1 aromatic rings. The maximum atomic E-state index is 12.6. The fourth-order valence-corrected chi connectivity index (χ4v) is 3.53. The highest BCUT2D eigenvalue weighted by molar-refractivity contribution is 7.89. The lowest BCUT2D eigenvalue weighted by molar-refractivity contribution is -0.137. The van der Waals surface area contributed by atoms with Crippen molar-refractivity contribution in [1.82, 2.24) is 4.72 Å². The minimum absolute atomic E-state index is 0.288. The number of benzene rings is 1. The quantitative estimate of drug-likeness (QED) is 0.928. The molecule has 112 valence electrons. The lowest BCUT2D eigenvalue weighted by Crippen LogP contribution is -2.28. The van der Waals surface area contributed by atoms with Crippen LogP contribution in [0, 0.1) is 5.92 Å². The van der Waals surface area contributed by atoms with Gasteiger partial charge in [-0.15, -0.1) is 0 Å².